The Bertz CT molecular complexity index is 986. The molecule has 1 heterocycles. The number of H-pyrrole nitrogens is 1. The number of pyridine rings is 1. The van der Waals surface area contributed by atoms with Crippen LogP contribution < -0.4 is 10.9 Å². The maximum Gasteiger partial charge on any atom is 0.274 e. The minimum atomic E-state index is -0.499. The minimum Gasteiger partial charge on any atom is -0.326 e. The van der Waals surface area contributed by atoms with Gasteiger partial charge >= 0.3 is 0 Å². The normalized spacial score (nSPS) is 10.2. The first-order valence-corrected chi connectivity index (χ1v) is 7.92. The van der Waals surface area contributed by atoms with E-state index in [1.54, 1.807) is 26.8 Å². The van der Waals surface area contributed by atoms with Crippen LogP contribution in [0.15, 0.2) is 23.0 Å². The molecule has 1 amide bonds. The molecule has 26 heavy (non-hydrogen) atoms. The van der Waals surface area contributed by atoms with Crippen molar-refractivity contribution in [2.24, 2.45) is 0 Å². The first-order chi connectivity index (χ1) is 12.3. The molecule has 2 aromatic rings. The summed E-state index contributed by atoms with van der Waals surface area (Å²) < 4.78 is 0. The maximum absolute atomic E-state index is 12.2. The number of rotatable bonds is 5. The summed E-state index contributed by atoms with van der Waals surface area (Å²) >= 11 is 0. The van der Waals surface area contributed by atoms with Crippen molar-refractivity contribution in [2.75, 3.05) is 5.32 Å². The first-order valence-electron chi connectivity index (χ1n) is 7.92. The quantitative estimate of drug-likeness (QED) is 0.630. The number of aryl methyl sites for hydroxylation is 1. The van der Waals surface area contributed by atoms with E-state index in [9.17, 15) is 19.7 Å². The van der Waals surface area contributed by atoms with E-state index in [-0.39, 0.29) is 23.6 Å². The molecule has 1 aromatic carbocycles. The molecule has 0 aliphatic carbocycles. The molecule has 0 saturated heterocycles. The van der Waals surface area contributed by atoms with E-state index in [2.05, 4.69) is 10.3 Å². The molecule has 0 spiro atoms. The van der Waals surface area contributed by atoms with Gasteiger partial charge in [0.15, 0.2) is 0 Å². The van der Waals surface area contributed by atoms with E-state index in [1.165, 1.54) is 12.1 Å². The highest BCUT2D eigenvalue weighted by molar-refractivity contribution is 5.92. The second-order valence-corrected chi connectivity index (χ2v) is 5.92. The fourth-order valence-electron chi connectivity index (χ4n) is 2.83. The van der Waals surface area contributed by atoms with E-state index in [0.717, 1.165) is 5.56 Å². The van der Waals surface area contributed by atoms with Crippen LogP contribution in [0.25, 0.3) is 0 Å². The van der Waals surface area contributed by atoms with Gasteiger partial charge in [0.25, 0.3) is 11.2 Å². The number of benzene rings is 1. The lowest BCUT2D eigenvalue weighted by Gasteiger charge is -2.12. The van der Waals surface area contributed by atoms with Crippen LogP contribution in [0.1, 0.15) is 34.4 Å². The minimum absolute atomic E-state index is 0.0422. The topological polar surface area (TPSA) is 129 Å². The number of nitrogens with one attached hydrogen (secondary N) is 2. The SMILES string of the molecule is Cc1[nH]c(=O)c(C#N)c(C)c1CCC(=O)Nc1cccc([N+](=O)[O-])c1C. The predicted molar refractivity (Wildman–Crippen MR) is 96.0 cm³/mol. The number of nitriles is 1. The van der Waals surface area contributed by atoms with Gasteiger partial charge in [0, 0.05) is 18.2 Å². The van der Waals surface area contributed by atoms with Crippen molar-refractivity contribution in [2.45, 2.75) is 33.6 Å². The molecule has 0 bridgehead atoms. The van der Waals surface area contributed by atoms with E-state index >= 15 is 0 Å². The molecular formula is C18H18N4O4. The Kier molecular flexibility index (Phi) is 5.52. The van der Waals surface area contributed by atoms with Gasteiger partial charge < -0.3 is 10.3 Å². The molecule has 0 fully saturated rings. The summed E-state index contributed by atoms with van der Waals surface area (Å²) in [6.07, 6.45) is 0.448. The highest BCUT2D eigenvalue weighted by Gasteiger charge is 2.16. The Hall–Kier alpha value is -3.47. The van der Waals surface area contributed by atoms with E-state index in [1.807, 2.05) is 6.07 Å². The van der Waals surface area contributed by atoms with Crippen molar-refractivity contribution in [3.05, 3.63) is 66.6 Å². The van der Waals surface area contributed by atoms with Crippen LogP contribution in [0.3, 0.4) is 0 Å². The van der Waals surface area contributed by atoms with Crippen LogP contribution >= 0.6 is 0 Å². The third-order valence-corrected chi connectivity index (χ3v) is 4.30. The third kappa shape index (κ3) is 3.78. The molecular weight excluding hydrogens is 336 g/mol. The van der Waals surface area contributed by atoms with Gasteiger partial charge in [-0.3, -0.25) is 19.7 Å². The number of aromatic amines is 1. The monoisotopic (exact) mass is 354 g/mol. The number of amides is 1. The Balaban J connectivity index is 2.16. The zero-order valence-electron chi connectivity index (χ0n) is 14.7. The molecule has 0 unspecified atom stereocenters. The second-order valence-electron chi connectivity index (χ2n) is 5.92. The average molecular weight is 354 g/mol. The Morgan fingerprint density at radius 1 is 1.31 bits per heavy atom. The zero-order chi connectivity index (χ0) is 19.4. The summed E-state index contributed by atoms with van der Waals surface area (Å²) in [6, 6.07) is 6.36. The number of carbonyl (C=O) groups excluding carboxylic acids is 1. The molecule has 134 valence electrons. The number of nitrogens with zero attached hydrogens (tertiary/aromatic N) is 2. The molecule has 0 radical (unpaired) electrons. The molecule has 0 aliphatic rings. The van der Waals surface area contributed by atoms with Gasteiger partial charge in [0.1, 0.15) is 11.6 Å². The third-order valence-electron chi connectivity index (χ3n) is 4.30. The summed E-state index contributed by atoms with van der Waals surface area (Å²) in [5.41, 5.74) is 2.23. The van der Waals surface area contributed by atoms with Crippen LogP contribution in [0, 0.1) is 42.2 Å². The first kappa shape index (κ1) is 18.9. The zero-order valence-corrected chi connectivity index (χ0v) is 14.7. The van der Waals surface area contributed by atoms with Crippen molar-refractivity contribution >= 4 is 17.3 Å². The predicted octanol–water partition coefficient (Wildman–Crippen LogP) is 2.65. The molecule has 8 heteroatoms. The average Bonchev–Trinajstić information content (AvgIpc) is 2.56. The van der Waals surface area contributed by atoms with Gasteiger partial charge in [-0.15, -0.1) is 0 Å². The molecule has 2 N–H and O–H groups in total. The van der Waals surface area contributed by atoms with Gasteiger partial charge in [0.05, 0.1) is 16.2 Å². The number of nitro groups is 1. The van der Waals surface area contributed by atoms with Gasteiger partial charge in [-0.25, -0.2) is 0 Å². The summed E-state index contributed by atoms with van der Waals surface area (Å²) in [5, 5.41) is 22.7. The summed E-state index contributed by atoms with van der Waals surface area (Å²) in [4.78, 5) is 37.1. The highest BCUT2D eigenvalue weighted by Crippen LogP contribution is 2.25. The number of carbonyl (C=O) groups is 1. The summed E-state index contributed by atoms with van der Waals surface area (Å²) in [6.45, 7) is 4.97. The van der Waals surface area contributed by atoms with Crippen molar-refractivity contribution in [3.8, 4) is 6.07 Å². The van der Waals surface area contributed by atoms with Gasteiger partial charge in [0.2, 0.25) is 5.91 Å². The van der Waals surface area contributed by atoms with E-state index in [0.29, 0.717) is 28.9 Å². The van der Waals surface area contributed by atoms with Crippen molar-refractivity contribution < 1.29 is 9.72 Å². The van der Waals surface area contributed by atoms with Crippen molar-refractivity contribution in [1.29, 1.82) is 5.26 Å². The maximum atomic E-state index is 12.2. The fraction of sp³-hybridized carbons (Fsp3) is 0.278. The Morgan fingerprint density at radius 3 is 2.62 bits per heavy atom. The smallest absolute Gasteiger partial charge is 0.274 e. The standard InChI is InChI=1S/C18H18N4O4/c1-10-13(12(3)20-18(24)14(10)9-19)7-8-17(23)21-15-5-4-6-16(11(15)2)22(25)26/h4-6H,7-8H2,1-3H3,(H,20,24)(H,21,23). The summed E-state index contributed by atoms with van der Waals surface area (Å²) in [5.74, 6) is -0.308. The van der Waals surface area contributed by atoms with Crippen LogP contribution in [0.5, 0.6) is 0 Å². The molecule has 1 aromatic heterocycles. The largest absolute Gasteiger partial charge is 0.326 e. The molecule has 8 nitrogen and oxygen atoms in total. The molecule has 0 atom stereocenters. The van der Waals surface area contributed by atoms with E-state index in [4.69, 9.17) is 5.26 Å². The fourth-order valence-corrected chi connectivity index (χ4v) is 2.83. The van der Waals surface area contributed by atoms with Gasteiger partial charge in [-0.05, 0) is 44.4 Å². The van der Waals surface area contributed by atoms with E-state index < -0.39 is 10.5 Å². The number of aromatic nitrogens is 1. The number of anilines is 1. The van der Waals surface area contributed by atoms with Gasteiger partial charge in [-0.1, -0.05) is 6.07 Å². The Morgan fingerprint density at radius 2 is 2.00 bits per heavy atom. The molecule has 0 aliphatic heterocycles. The van der Waals surface area contributed by atoms with Crippen molar-refractivity contribution in [3.63, 3.8) is 0 Å². The van der Waals surface area contributed by atoms with Crippen LogP contribution in [0.4, 0.5) is 11.4 Å². The number of nitro benzene ring substituents is 1. The Labute approximate surface area is 149 Å². The number of hydrogen-bond donors (Lipinski definition) is 2. The molecule has 0 saturated carbocycles. The lowest BCUT2D eigenvalue weighted by molar-refractivity contribution is -0.385. The second kappa shape index (κ2) is 7.61. The van der Waals surface area contributed by atoms with Crippen LogP contribution in [0.2, 0.25) is 0 Å². The van der Waals surface area contributed by atoms with Gasteiger partial charge in [-0.2, -0.15) is 5.26 Å². The lowest BCUT2D eigenvalue weighted by Crippen LogP contribution is -2.18. The summed E-state index contributed by atoms with van der Waals surface area (Å²) in [7, 11) is 0. The lowest BCUT2D eigenvalue weighted by atomic mass is 9.99. The molecule has 2 rings (SSSR count). The van der Waals surface area contributed by atoms with Crippen molar-refractivity contribution in [1.82, 2.24) is 4.98 Å². The van der Waals surface area contributed by atoms with Crippen LogP contribution in [-0.2, 0) is 11.2 Å². The number of hydrogen-bond acceptors (Lipinski definition) is 5. The van der Waals surface area contributed by atoms with Crippen LogP contribution in [-0.4, -0.2) is 15.8 Å². The highest BCUT2D eigenvalue weighted by atomic mass is 16.6.